The molecule has 3 rings (SSSR count). The van der Waals surface area contributed by atoms with Gasteiger partial charge in [0.05, 0.1) is 0 Å². The molecule has 3 aliphatic rings. The highest BCUT2D eigenvalue weighted by atomic mass is 16.5. The molecule has 0 aromatic carbocycles. The van der Waals surface area contributed by atoms with Gasteiger partial charge < -0.3 is 9.64 Å². The Kier molecular flexibility index (Phi) is 2.06. The summed E-state index contributed by atoms with van der Waals surface area (Å²) < 4.78 is 5.47. The van der Waals surface area contributed by atoms with Crippen molar-refractivity contribution in [3.63, 3.8) is 0 Å². The zero-order valence-corrected chi connectivity index (χ0v) is 9.37. The van der Waals surface area contributed by atoms with Gasteiger partial charge in [-0.2, -0.15) is 0 Å². The summed E-state index contributed by atoms with van der Waals surface area (Å²) in [5.74, 6) is 0.253. The Bertz CT molecular complexity index is 279. The van der Waals surface area contributed by atoms with Crippen molar-refractivity contribution in [3.05, 3.63) is 0 Å². The van der Waals surface area contributed by atoms with Gasteiger partial charge in [-0.3, -0.25) is 4.79 Å². The predicted molar refractivity (Wildman–Crippen MR) is 56.4 cm³/mol. The van der Waals surface area contributed by atoms with Gasteiger partial charge in [-0.1, -0.05) is 0 Å². The lowest BCUT2D eigenvalue weighted by Gasteiger charge is -2.24. The third kappa shape index (κ3) is 1.57. The second-order valence-corrected chi connectivity index (χ2v) is 5.52. The van der Waals surface area contributed by atoms with E-state index in [0.717, 1.165) is 26.0 Å². The fourth-order valence-corrected chi connectivity index (χ4v) is 3.11. The minimum absolute atomic E-state index is 0.124. The number of likely N-dealkylation sites (tertiary alicyclic amines) is 1. The number of carbonyl (C=O) groups excluding carboxylic acids is 1. The van der Waals surface area contributed by atoms with Gasteiger partial charge in [-0.05, 0) is 44.4 Å². The van der Waals surface area contributed by atoms with E-state index >= 15 is 0 Å². The predicted octanol–water partition coefficient (Wildman–Crippen LogP) is 1.57. The van der Waals surface area contributed by atoms with Crippen molar-refractivity contribution in [2.75, 3.05) is 13.2 Å². The molecule has 1 saturated carbocycles. The average Bonchev–Trinajstić information content (AvgIpc) is 2.69. The molecule has 0 unspecified atom stereocenters. The van der Waals surface area contributed by atoms with E-state index in [0.29, 0.717) is 11.5 Å². The van der Waals surface area contributed by atoms with Crippen LogP contribution in [0.15, 0.2) is 0 Å². The number of carbonyl (C=O) groups is 1. The summed E-state index contributed by atoms with van der Waals surface area (Å²) in [7, 11) is 0. The van der Waals surface area contributed by atoms with E-state index in [9.17, 15) is 4.79 Å². The molecule has 1 amide bonds. The average molecular weight is 209 g/mol. The number of rotatable bonds is 1. The van der Waals surface area contributed by atoms with Crippen LogP contribution < -0.4 is 0 Å². The first kappa shape index (κ1) is 9.64. The molecular weight excluding hydrogens is 190 g/mol. The molecule has 2 heterocycles. The maximum absolute atomic E-state index is 12.2. The highest BCUT2D eigenvalue weighted by Crippen LogP contribution is 2.54. The Hall–Kier alpha value is -0.570. The Balaban J connectivity index is 1.68. The van der Waals surface area contributed by atoms with Crippen molar-refractivity contribution in [1.29, 1.82) is 0 Å². The number of nitrogens with zero attached hydrogens (tertiary/aromatic N) is 1. The normalized spacial score (nSPS) is 37.5. The van der Waals surface area contributed by atoms with Gasteiger partial charge in [0.2, 0.25) is 0 Å². The molecule has 2 aliphatic heterocycles. The van der Waals surface area contributed by atoms with Crippen LogP contribution >= 0.6 is 0 Å². The van der Waals surface area contributed by atoms with Gasteiger partial charge in [0.25, 0.3) is 5.91 Å². The zero-order chi connectivity index (χ0) is 10.5. The lowest BCUT2D eigenvalue weighted by molar-refractivity contribution is -0.141. The lowest BCUT2D eigenvalue weighted by atomic mass is 10.0. The van der Waals surface area contributed by atoms with Crippen molar-refractivity contribution in [3.8, 4) is 0 Å². The van der Waals surface area contributed by atoms with E-state index in [2.05, 4.69) is 11.8 Å². The Morgan fingerprint density at radius 2 is 2.27 bits per heavy atom. The first-order chi connectivity index (χ1) is 7.20. The van der Waals surface area contributed by atoms with Crippen molar-refractivity contribution < 1.29 is 9.53 Å². The first-order valence-electron chi connectivity index (χ1n) is 6.12. The Labute approximate surface area is 90.8 Å². The SMILES string of the molecule is C[C@@H]1CC2(CC2)CN1C(=O)[C@H]1CCCO1. The molecule has 0 aromatic rings. The summed E-state index contributed by atoms with van der Waals surface area (Å²) in [6.07, 6.45) is 5.71. The molecule has 1 spiro atoms. The van der Waals surface area contributed by atoms with Crippen molar-refractivity contribution in [1.82, 2.24) is 4.90 Å². The standard InChI is InChI=1S/C12H19NO2/c1-9-7-12(4-5-12)8-13(9)11(14)10-3-2-6-15-10/h9-10H,2-8H2,1H3/t9-,10-/m1/s1. The molecule has 3 nitrogen and oxygen atoms in total. The van der Waals surface area contributed by atoms with Crippen LogP contribution in [-0.4, -0.2) is 36.1 Å². The fourth-order valence-electron chi connectivity index (χ4n) is 3.11. The van der Waals surface area contributed by atoms with Crippen LogP contribution in [0.4, 0.5) is 0 Å². The topological polar surface area (TPSA) is 29.5 Å². The number of hydrogen-bond acceptors (Lipinski definition) is 2. The first-order valence-corrected chi connectivity index (χ1v) is 6.12. The summed E-state index contributed by atoms with van der Waals surface area (Å²) >= 11 is 0. The molecule has 2 atom stereocenters. The molecule has 0 bridgehead atoms. The largest absolute Gasteiger partial charge is 0.368 e. The third-order valence-electron chi connectivity index (χ3n) is 4.21. The third-order valence-corrected chi connectivity index (χ3v) is 4.21. The summed E-state index contributed by atoms with van der Waals surface area (Å²) in [4.78, 5) is 14.2. The van der Waals surface area contributed by atoms with E-state index < -0.39 is 0 Å². The van der Waals surface area contributed by atoms with Crippen molar-refractivity contribution in [2.24, 2.45) is 5.41 Å². The molecule has 0 radical (unpaired) electrons. The van der Waals surface area contributed by atoms with Crippen molar-refractivity contribution >= 4 is 5.91 Å². The van der Waals surface area contributed by atoms with Crippen LogP contribution in [0.5, 0.6) is 0 Å². The van der Waals surface area contributed by atoms with Crippen LogP contribution in [0.1, 0.15) is 39.0 Å². The lowest BCUT2D eigenvalue weighted by Crippen LogP contribution is -2.41. The van der Waals surface area contributed by atoms with E-state index in [-0.39, 0.29) is 12.0 Å². The number of ether oxygens (including phenoxy) is 1. The van der Waals surface area contributed by atoms with Gasteiger partial charge in [-0.25, -0.2) is 0 Å². The molecule has 3 heteroatoms. The summed E-state index contributed by atoms with van der Waals surface area (Å²) in [5, 5.41) is 0. The highest BCUT2D eigenvalue weighted by Gasteiger charge is 2.52. The minimum Gasteiger partial charge on any atom is -0.368 e. The minimum atomic E-state index is -0.124. The van der Waals surface area contributed by atoms with E-state index in [1.54, 1.807) is 0 Å². The molecule has 3 fully saturated rings. The van der Waals surface area contributed by atoms with Gasteiger partial charge in [-0.15, -0.1) is 0 Å². The maximum atomic E-state index is 12.2. The summed E-state index contributed by atoms with van der Waals surface area (Å²) in [6.45, 7) is 3.94. The number of amides is 1. The van der Waals surface area contributed by atoms with Crippen LogP contribution in [0, 0.1) is 5.41 Å². The summed E-state index contributed by atoms with van der Waals surface area (Å²) in [5.41, 5.74) is 0.522. The van der Waals surface area contributed by atoms with Gasteiger partial charge >= 0.3 is 0 Å². The molecule has 0 N–H and O–H groups in total. The fraction of sp³-hybridized carbons (Fsp3) is 0.917. The van der Waals surface area contributed by atoms with Gasteiger partial charge in [0.15, 0.2) is 0 Å². The molecule has 2 saturated heterocycles. The summed E-state index contributed by atoms with van der Waals surface area (Å²) in [6, 6.07) is 0.434. The Morgan fingerprint density at radius 3 is 2.80 bits per heavy atom. The van der Waals surface area contributed by atoms with Crippen LogP contribution in [0.3, 0.4) is 0 Å². The molecular formula is C12H19NO2. The molecule has 0 aromatic heterocycles. The second kappa shape index (κ2) is 3.21. The highest BCUT2D eigenvalue weighted by molar-refractivity contribution is 5.82. The van der Waals surface area contributed by atoms with E-state index in [1.165, 1.54) is 19.3 Å². The molecule has 15 heavy (non-hydrogen) atoms. The van der Waals surface area contributed by atoms with E-state index in [4.69, 9.17) is 4.74 Å². The van der Waals surface area contributed by atoms with E-state index in [1.807, 2.05) is 0 Å². The number of hydrogen-bond donors (Lipinski definition) is 0. The maximum Gasteiger partial charge on any atom is 0.251 e. The Morgan fingerprint density at radius 1 is 1.47 bits per heavy atom. The smallest absolute Gasteiger partial charge is 0.251 e. The zero-order valence-electron chi connectivity index (χ0n) is 9.37. The molecule has 84 valence electrons. The van der Waals surface area contributed by atoms with Gasteiger partial charge in [0, 0.05) is 19.2 Å². The van der Waals surface area contributed by atoms with Gasteiger partial charge in [0.1, 0.15) is 6.10 Å². The van der Waals surface area contributed by atoms with Crippen LogP contribution in [0.25, 0.3) is 0 Å². The van der Waals surface area contributed by atoms with Crippen LogP contribution in [-0.2, 0) is 9.53 Å². The second-order valence-electron chi connectivity index (χ2n) is 5.52. The quantitative estimate of drug-likeness (QED) is 0.656. The van der Waals surface area contributed by atoms with Crippen molar-refractivity contribution in [2.45, 2.75) is 51.2 Å². The van der Waals surface area contributed by atoms with Crippen LogP contribution in [0.2, 0.25) is 0 Å². The monoisotopic (exact) mass is 209 g/mol. The molecule has 1 aliphatic carbocycles.